The number of aromatic nitrogens is 2. The van der Waals surface area contributed by atoms with Crippen LogP contribution in [0.1, 0.15) is 39.3 Å². The van der Waals surface area contributed by atoms with Crippen molar-refractivity contribution in [1.29, 1.82) is 0 Å². The van der Waals surface area contributed by atoms with E-state index in [9.17, 15) is 0 Å². The topological polar surface area (TPSA) is 29.9 Å². The molecule has 1 aromatic heterocycles. The number of fused-ring (bicyclic) bond motifs is 1. The second kappa shape index (κ2) is 6.01. The molecule has 0 atom stereocenters. The van der Waals surface area contributed by atoms with Crippen LogP contribution in [0.5, 0.6) is 0 Å². The normalized spacial score (nSPS) is 11.6. The Labute approximate surface area is 109 Å². The molecule has 0 bridgehead atoms. The fraction of sp³-hybridized carbons (Fsp3) is 0.533. The maximum Gasteiger partial charge on any atom is 0.0841 e. The van der Waals surface area contributed by atoms with Gasteiger partial charge in [0.1, 0.15) is 0 Å². The number of hydrogen-bond donors (Lipinski definition) is 1. The van der Waals surface area contributed by atoms with Crippen LogP contribution < -0.4 is 5.32 Å². The molecule has 3 nitrogen and oxygen atoms in total. The predicted octanol–water partition coefficient (Wildman–Crippen LogP) is 3.33. The average molecular weight is 245 g/mol. The first-order valence-electron chi connectivity index (χ1n) is 6.90. The quantitative estimate of drug-likeness (QED) is 0.846. The van der Waals surface area contributed by atoms with E-state index in [0.29, 0.717) is 6.04 Å². The number of nitrogens with one attached hydrogen (secondary N) is 1. The summed E-state index contributed by atoms with van der Waals surface area (Å²) in [6.45, 7) is 8.40. The third kappa shape index (κ3) is 2.91. The molecular formula is C15H23N3. The SMILES string of the molecule is CCCCn1nc(CNC(C)C)c2ccccc21. The zero-order chi connectivity index (χ0) is 13.0. The van der Waals surface area contributed by atoms with Gasteiger partial charge in [-0.05, 0) is 12.5 Å². The molecule has 1 N–H and O–H groups in total. The summed E-state index contributed by atoms with van der Waals surface area (Å²) in [5.41, 5.74) is 2.42. The Balaban J connectivity index is 2.28. The second-order valence-corrected chi connectivity index (χ2v) is 5.08. The summed E-state index contributed by atoms with van der Waals surface area (Å²) < 4.78 is 2.15. The summed E-state index contributed by atoms with van der Waals surface area (Å²) in [5.74, 6) is 0. The summed E-state index contributed by atoms with van der Waals surface area (Å²) in [5, 5.41) is 9.48. The highest BCUT2D eigenvalue weighted by Gasteiger charge is 2.09. The Morgan fingerprint density at radius 2 is 2.06 bits per heavy atom. The maximum absolute atomic E-state index is 4.75. The van der Waals surface area contributed by atoms with E-state index in [2.05, 4.69) is 55.0 Å². The van der Waals surface area contributed by atoms with Gasteiger partial charge in [0, 0.05) is 24.5 Å². The first-order chi connectivity index (χ1) is 8.72. The molecule has 0 saturated carbocycles. The van der Waals surface area contributed by atoms with Gasteiger partial charge in [-0.25, -0.2) is 0 Å². The van der Waals surface area contributed by atoms with Crippen molar-refractivity contribution in [2.24, 2.45) is 0 Å². The Hall–Kier alpha value is -1.35. The van der Waals surface area contributed by atoms with E-state index in [1.807, 2.05) is 0 Å². The van der Waals surface area contributed by atoms with Crippen molar-refractivity contribution >= 4 is 10.9 Å². The summed E-state index contributed by atoms with van der Waals surface area (Å²) in [6, 6.07) is 9.00. The van der Waals surface area contributed by atoms with Crippen LogP contribution in [0.2, 0.25) is 0 Å². The van der Waals surface area contributed by atoms with Crippen LogP contribution in [0.15, 0.2) is 24.3 Å². The van der Waals surface area contributed by atoms with Crippen molar-refractivity contribution in [3.63, 3.8) is 0 Å². The number of aryl methyl sites for hydroxylation is 1. The molecule has 0 aliphatic heterocycles. The number of benzene rings is 1. The largest absolute Gasteiger partial charge is 0.309 e. The van der Waals surface area contributed by atoms with E-state index >= 15 is 0 Å². The Morgan fingerprint density at radius 3 is 2.78 bits per heavy atom. The molecule has 18 heavy (non-hydrogen) atoms. The monoisotopic (exact) mass is 245 g/mol. The second-order valence-electron chi connectivity index (χ2n) is 5.08. The zero-order valence-electron chi connectivity index (χ0n) is 11.6. The Kier molecular flexibility index (Phi) is 4.37. The minimum Gasteiger partial charge on any atom is -0.309 e. The van der Waals surface area contributed by atoms with Gasteiger partial charge in [0.25, 0.3) is 0 Å². The summed E-state index contributed by atoms with van der Waals surface area (Å²) in [6.07, 6.45) is 2.39. The molecule has 0 spiro atoms. The van der Waals surface area contributed by atoms with Gasteiger partial charge in [0.15, 0.2) is 0 Å². The van der Waals surface area contributed by atoms with Crippen LogP contribution in [-0.4, -0.2) is 15.8 Å². The lowest BCUT2D eigenvalue weighted by molar-refractivity contribution is 0.551. The van der Waals surface area contributed by atoms with Gasteiger partial charge >= 0.3 is 0 Å². The van der Waals surface area contributed by atoms with E-state index in [1.54, 1.807) is 0 Å². The van der Waals surface area contributed by atoms with E-state index in [4.69, 9.17) is 5.10 Å². The van der Waals surface area contributed by atoms with Crippen molar-refractivity contribution in [1.82, 2.24) is 15.1 Å². The van der Waals surface area contributed by atoms with Crippen molar-refractivity contribution in [2.45, 2.75) is 52.7 Å². The number of nitrogens with zero attached hydrogens (tertiary/aromatic N) is 2. The van der Waals surface area contributed by atoms with Gasteiger partial charge < -0.3 is 5.32 Å². The highest BCUT2D eigenvalue weighted by Crippen LogP contribution is 2.19. The predicted molar refractivity (Wildman–Crippen MR) is 76.6 cm³/mol. The minimum atomic E-state index is 0.490. The highest BCUT2D eigenvalue weighted by atomic mass is 15.3. The van der Waals surface area contributed by atoms with Crippen molar-refractivity contribution in [2.75, 3.05) is 0 Å². The van der Waals surface area contributed by atoms with Crippen LogP contribution in [-0.2, 0) is 13.1 Å². The molecule has 2 rings (SSSR count). The number of para-hydroxylation sites is 1. The third-order valence-corrected chi connectivity index (χ3v) is 3.14. The smallest absolute Gasteiger partial charge is 0.0841 e. The summed E-state index contributed by atoms with van der Waals surface area (Å²) in [4.78, 5) is 0. The van der Waals surface area contributed by atoms with Crippen LogP contribution >= 0.6 is 0 Å². The van der Waals surface area contributed by atoms with Crippen molar-refractivity contribution < 1.29 is 0 Å². The lowest BCUT2D eigenvalue weighted by Crippen LogP contribution is -2.22. The molecule has 2 aromatic rings. The van der Waals surface area contributed by atoms with Gasteiger partial charge in [0.2, 0.25) is 0 Å². The molecule has 1 aromatic carbocycles. The molecule has 0 fully saturated rings. The molecule has 0 aliphatic rings. The van der Waals surface area contributed by atoms with Gasteiger partial charge in [-0.15, -0.1) is 0 Å². The highest BCUT2D eigenvalue weighted by molar-refractivity contribution is 5.81. The molecular weight excluding hydrogens is 222 g/mol. The van der Waals surface area contributed by atoms with E-state index < -0.39 is 0 Å². The molecule has 0 aliphatic carbocycles. The van der Waals surface area contributed by atoms with Crippen LogP contribution in [0, 0.1) is 0 Å². The molecule has 0 radical (unpaired) electrons. The first kappa shape index (κ1) is 13.1. The van der Waals surface area contributed by atoms with Gasteiger partial charge in [-0.2, -0.15) is 5.10 Å². The third-order valence-electron chi connectivity index (χ3n) is 3.14. The molecule has 0 amide bonds. The van der Waals surface area contributed by atoms with E-state index in [0.717, 1.165) is 18.8 Å². The van der Waals surface area contributed by atoms with Crippen molar-refractivity contribution in [3.05, 3.63) is 30.0 Å². The van der Waals surface area contributed by atoms with Crippen molar-refractivity contribution in [3.8, 4) is 0 Å². The number of hydrogen-bond acceptors (Lipinski definition) is 2. The fourth-order valence-electron chi connectivity index (χ4n) is 2.11. The molecule has 3 heteroatoms. The molecule has 0 unspecified atom stereocenters. The lowest BCUT2D eigenvalue weighted by Gasteiger charge is -2.05. The van der Waals surface area contributed by atoms with Gasteiger partial charge in [-0.1, -0.05) is 45.4 Å². The first-order valence-corrected chi connectivity index (χ1v) is 6.90. The summed E-state index contributed by atoms with van der Waals surface area (Å²) in [7, 11) is 0. The molecule has 1 heterocycles. The van der Waals surface area contributed by atoms with Crippen LogP contribution in [0.25, 0.3) is 10.9 Å². The van der Waals surface area contributed by atoms with E-state index in [1.165, 1.54) is 23.7 Å². The Bertz CT molecular complexity index is 499. The maximum atomic E-state index is 4.75. The fourth-order valence-corrected chi connectivity index (χ4v) is 2.11. The van der Waals surface area contributed by atoms with Crippen LogP contribution in [0.3, 0.4) is 0 Å². The lowest BCUT2D eigenvalue weighted by atomic mass is 10.2. The number of unbranched alkanes of at least 4 members (excludes halogenated alkanes) is 1. The standard InChI is InChI=1S/C15H23N3/c1-4-5-10-18-15-9-7-6-8-13(15)14(17-18)11-16-12(2)3/h6-9,12,16H,4-5,10-11H2,1-3H3. The molecule has 98 valence electrons. The summed E-state index contributed by atoms with van der Waals surface area (Å²) >= 11 is 0. The Morgan fingerprint density at radius 1 is 1.28 bits per heavy atom. The molecule has 0 saturated heterocycles. The average Bonchev–Trinajstić information content (AvgIpc) is 2.72. The number of rotatable bonds is 6. The van der Waals surface area contributed by atoms with E-state index in [-0.39, 0.29) is 0 Å². The zero-order valence-corrected chi connectivity index (χ0v) is 11.6. The van der Waals surface area contributed by atoms with Gasteiger partial charge in [0.05, 0.1) is 11.2 Å². The minimum absolute atomic E-state index is 0.490. The van der Waals surface area contributed by atoms with Gasteiger partial charge in [-0.3, -0.25) is 4.68 Å². The van der Waals surface area contributed by atoms with Crippen LogP contribution in [0.4, 0.5) is 0 Å².